The van der Waals surface area contributed by atoms with Crippen LogP contribution in [0, 0.1) is 13.8 Å². The maximum Gasteiger partial charge on any atom is 0.209 e. The van der Waals surface area contributed by atoms with Gasteiger partial charge in [0.15, 0.2) is 0 Å². The molecule has 136 valence electrons. The molecule has 0 bridgehead atoms. The second-order valence-electron chi connectivity index (χ2n) is 6.00. The first-order chi connectivity index (χ1) is 12.7. The number of nitrogens with zero attached hydrogens (tertiary/aromatic N) is 3. The molecule has 0 fully saturated rings. The van der Waals surface area contributed by atoms with Crippen LogP contribution in [0.25, 0.3) is 10.2 Å². The third kappa shape index (κ3) is 4.66. The van der Waals surface area contributed by atoms with E-state index in [0.717, 1.165) is 20.9 Å². The summed E-state index contributed by atoms with van der Waals surface area (Å²) in [4.78, 5) is 4.68. The Bertz CT molecular complexity index is 859. The Morgan fingerprint density at radius 1 is 1.15 bits per heavy atom. The van der Waals surface area contributed by atoms with Gasteiger partial charge in [0.2, 0.25) is 5.13 Å². The van der Waals surface area contributed by atoms with Crippen molar-refractivity contribution in [2.75, 3.05) is 32.1 Å². The number of hydrogen-bond acceptors (Lipinski definition) is 6. The molecule has 0 unspecified atom stereocenters. The molecule has 26 heavy (non-hydrogen) atoms. The van der Waals surface area contributed by atoms with Crippen LogP contribution < -0.4 is 5.01 Å². The number of thiazole rings is 1. The van der Waals surface area contributed by atoms with Crippen LogP contribution >= 0.6 is 11.3 Å². The van der Waals surface area contributed by atoms with E-state index in [1.165, 1.54) is 11.1 Å². The van der Waals surface area contributed by atoms with Gasteiger partial charge in [-0.25, -0.2) is 9.99 Å². The van der Waals surface area contributed by atoms with Crippen LogP contribution in [-0.4, -0.2) is 38.3 Å². The van der Waals surface area contributed by atoms with E-state index < -0.39 is 0 Å². The first-order valence-corrected chi connectivity index (χ1v) is 9.30. The first-order valence-electron chi connectivity index (χ1n) is 8.48. The molecule has 0 N–H and O–H groups in total. The van der Waals surface area contributed by atoms with Crippen LogP contribution in [0.2, 0.25) is 0 Å². The minimum absolute atomic E-state index is 0.324. The van der Waals surface area contributed by atoms with E-state index in [2.05, 4.69) is 48.2 Å². The zero-order chi connectivity index (χ0) is 18.4. The summed E-state index contributed by atoms with van der Waals surface area (Å²) < 4.78 is 11.9. The lowest BCUT2D eigenvalue weighted by Crippen LogP contribution is -2.21. The molecule has 6 heteroatoms. The summed E-state index contributed by atoms with van der Waals surface area (Å²) in [5, 5.41) is 7.25. The average Bonchev–Trinajstić information content (AvgIpc) is 3.07. The largest absolute Gasteiger partial charge is 0.382 e. The summed E-state index contributed by atoms with van der Waals surface area (Å²) >= 11 is 1.60. The van der Waals surface area contributed by atoms with Gasteiger partial charge < -0.3 is 9.47 Å². The number of hydrogen-bond donors (Lipinski definition) is 0. The number of aryl methyl sites for hydroxylation is 2. The Morgan fingerprint density at radius 3 is 2.81 bits per heavy atom. The second-order valence-corrected chi connectivity index (χ2v) is 7.01. The van der Waals surface area contributed by atoms with E-state index in [1.54, 1.807) is 23.5 Å². The number of benzene rings is 2. The topological polar surface area (TPSA) is 47.0 Å². The molecule has 0 saturated heterocycles. The fraction of sp³-hybridized carbons (Fsp3) is 0.300. The van der Waals surface area contributed by atoms with Crippen molar-refractivity contribution in [2.45, 2.75) is 13.8 Å². The van der Waals surface area contributed by atoms with Crippen molar-refractivity contribution >= 4 is 32.9 Å². The summed E-state index contributed by atoms with van der Waals surface area (Å²) in [7, 11) is 1.66. The van der Waals surface area contributed by atoms with Crippen molar-refractivity contribution in [3.63, 3.8) is 0 Å². The Labute approximate surface area is 157 Å². The van der Waals surface area contributed by atoms with Gasteiger partial charge in [-0.3, -0.25) is 0 Å². The highest BCUT2D eigenvalue weighted by atomic mass is 32.1. The number of anilines is 1. The van der Waals surface area contributed by atoms with Gasteiger partial charge in [-0.1, -0.05) is 47.2 Å². The standard InChI is InChI=1S/C20H23N3O2S/c1-15-8-9-16(2)17(12-15)13-21-23(14-25-11-10-24-3)20-22-18-6-4-5-7-19(18)26-20/h4-9,12-13H,10-11,14H2,1-3H3/b21-13+. The molecule has 1 heterocycles. The molecule has 0 atom stereocenters. The fourth-order valence-corrected chi connectivity index (χ4v) is 3.34. The number of ether oxygens (including phenoxy) is 2. The molecule has 2 aromatic carbocycles. The van der Waals surface area contributed by atoms with Crippen molar-refractivity contribution < 1.29 is 9.47 Å². The molecule has 5 nitrogen and oxygen atoms in total. The second kappa shape index (κ2) is 8.89. The van der Waals surface area contributed by atoms with Crippen LogP contribution in [0.5, 0.6) is 0 Å². The van der Waals surface area contributed by atoms with E-state index in [9.17, 15) is 0 Å². The lowest BCUT2D eigenvalue weighted by atomic mass is 10.1. The predicted octanol–water partition coefficient (Wildman–Crippen LogP) is 4.37. The summed E-state index contributed by atoms with van der Waals surface area (Å²) in [6.45, 7) is 5.55. The van der Waals surface area contributed by atoms with Crippen molar-refractivity contribution in [2.24, 2.45) is 5.10 Å². The van der Waals surface area contributed by atoms with Gasteiger partial charge in [0.05, 0.1) is 29.6 Å². The van der Waals surface area contributed by atoms with E-state index in [-0.39, 0.29) is 0 Å². The monoisotopic (exact) mass is 369 g/mol. The molecule has 0 saturated carbocycles. The molecule has 1 aromatic heterocycles. The number of hydrazone groups is 1. The van der Waals surface area contributed by atoms with Crippen molar-refractivity contribution in [1.29, 1.82) is 0 Å². The van der Waals surface area contributed by atoms with Gasteiger partial charge in [0.1, 0.15) is 6.73 Å². The highest BCUT2D eigenvalue weighted by Gasteiger charge is 2.11. The van der Waals surface area contributed by atoms with Gasteiger partial charge in [-0.2, -0.15) is 5.10 Å². The van der Waals surface area contributed by atoms with E-state index >= 15 is 0 Å². The third-order valence-electron chi connectivity index (χ3n) is 3.92. The van der Waals surface area contributed by atoms with Gasteiger partial charge >= 0.3 is 0 Å². The normalized spacial score (nSPS) is 11.5. The maximum absolute atomic E-state index is 5.68. The molecule has 0 spiro atoms. The van der Waals surface area contributed by atoms with Crippen LogP contribution in [0.3, 0.4) is 0 Å². The predicted molar refractivity (Wildman–Crippen MR) is 108 cm³/mol. The number of fused-ring (bicyclic) bond motifs is 1. The molecule has 0 aliphatic carbocycles. The van der Waals surface area contributed by atoms with E-state index in [1.807, 2.05) is 24.4 Å². The lowest BCUT2D eigenvalue weighted by Gasteiger charge is -2.16. The molecule has 0 amide bonds. The Morgan fingerprint density at radius 2 is 2.00 bits per heavy atom. The van der Waals surface area contributed by atoms with Crippen molar-refractivity contribution in [3.05, 3.63) is 59.2 Å². The Hall–Kier alpha value is -2.28. The molecule has 0 radical (unpaired) electrons. The Balaban J connectivity index is 1.84. The van der Waals surface area contributed by atoms with Gasteiger partial charge in [0.25, 0.3) is 0 Å². The molecule has 0 aliphatic heterocycles. The van der Waals surface area contributed by atoms with Crippen LogP contribution in [0.1, 0.15) is 16.7 Å². The van der Waals surface area contributed by atoms with E-state index in [0.29, 0.717) is 19.9 Å². The first kappa shape index (κ1) is 18.5. The zero-order valence-corrected chi connectivity index (χ0v) is 16.1. The molecule has 0 aliphatic rings. The van der Waals surface area contributed by atoms with Crippen LogP contribution in [-0.2, 0) is 9.47 Å². The van der Waals surface area contributed by atoms with Crippen molar-refractivity contribution in [3.8, 4) is 0 Å². The lowest BCUT2D eigenvalue weighted by molar-refractivity contribution is 0.0710. The Kier molecular flexibility index (Phi) is 6.33. The number of rotatable bonds is 8. The van der Waals surface area contributed by atoms with Gasteiger partial charge in [0, 0.05) is 7.11 Å². The number of methoxy groups -OCH3 is 1. The average molecular weight is 369 g/mol. The zero-order valence-electron chi connectivity index (χ0n) is 15.3. The van der Waals surface area contributed by atoms with Gasteiger partial charge in [-0.15, -0.1) is 0 Å². The molecule has 3 aromatic rings. The fourth-order valence-electron chi connectivity index (χ4n) is 2.43. The highest BCUT2D eigenvalue weighted by Crippen LogP contribution is 2.28. The van der Waals surface area contributed by atoms with E-state index in [4.69, 9.17) is 9.47 Å². The highest BCUT2D eigenvalue weighted by molar-refractivity contribution is 7.22. The molecular weight excluding hydrogens is 346 g/mol. The number of aromatic nitrogens is 1. The summed E-state index contributed by atoms with van der Waals surface area (Å²) in [5.41, 5.74) is 4.45. The minimum atomic E-state index is 0.324. The SMILES string of the molecule is COCCOCN(/N=C/c1cc(C)ccc1C)c1nc2ccccc2s1. The van der Waals surface area contributed by atoms with Crippen molar-refractivity contribution in [1.82, 2.24) is 4.98 Å². The molecule has 3 rings (SSSR count). The maximum atomic E-state index is 5.68. The summed E-state index contributed by atoms with van der Waals surface area (Å²) in [5.74, 6) is 0. The van der Waals surface area contributed by atoms with Crippen LogP contribution in [0.4, 0.5) is 5.13 Å². The summed E-state index contributed by atoms with van der Waals surface area (Å²) in [6.07, 6.45) is 1.87. The quantitative estimate of drug-likeness (QED) is 0.256. The van der Waals surface area contributed by atoms with Gasteiger partial charge in [-0.05, 0) is 37.1 Å². The number of para-hydroxylation sites is 1. The third-order valence-corrected chi connectivity index (χ3v) is 4.97. The molecular formula is C20H23N3O2S. The minimum Gasteiger partial charge on any atom is -0.382 e. The summed E-state index contributed by atoms with van der Waals surface area (Å²) in [6, 6.07) is 14.4. The van der Waals surface area contributed by atoms with Crippen LogP contribution in [0.15, 0.2) is 47.6 Å². The smallest absolute Gasteiger partial charge is 0.209 e.